The molecule has 0 radical (unpaired) electrons. The SMILES string of the molecule is CCSOON1CC(CC#N)(n2cc(-c3ncnc4c3ccn4COCC[Si](C)(C)C)cn2)C1. The number of nitriles is 1. The first kappa shape index (κ1) is 24.8. The van der Waals surface area contributed by atoms with E-state index in [-0.39, 0.29) is 0 Å². The Labute approximate surface area is 204 Å². The number of hydroxylamine groups is 2. The minimum absolute atomic E-state index is 0.319. The van der Waals surface area contributed by atoms with Gasteiger partial charge in [0, 0.05) is 55.8 Å². The summed E-state index contributed by atoms with van der Waals surface area (Å²) >= 11 is 1.23. The van der Waals surface area contributed by atoms with Crippen LogP contribution in [0.5, 0.6) is 0 Å². The molecule has 0 unspecified atom stereocenters. The topological polar surface area (TPSA) is 103 Å². The predicted molar refractivity (Wildman–Crippen MR) is 133 cm³/mol. The zero-order valence-corrected chi connectivity index (χ0v) is 21.9. The Bertz CT molecular complexity index is 1150. The normalized spacial score (nSPS) is 16.0. The van der Waals surface area contributed by atoms with Crippen molar-refractivity contribution >= 4 is 31.2 Å². The molecule has 4 heterocycles. The highest BCUT2D eigenvalue weighted by Gasteiger charge is 2.47. The average molecular weight is 502 g/mol. The third-order valence-electron chi connectivity index (χ3n) is 5.78. The molecule has 0 N–H and O–H groups in total. The van der Waals surface area contributed by atoms with Crippen molar-refractivity contribution in [3.05, 3.63) is 31.0 Å². The van der Waals surface area contributed by atoms with Gasteiger partial charge in [0.1, 0.15) is 24.2 Å². The van der Waals surface area contributed by atoms with Crippen molar-refractivity contribution < 1.29 is 14.1 Å². The first-order valence-electron chi connectivity index (χ1n) is 11.4. The first-order valence-corrected chi connectivity index (χ1v) is 16.0. The maximum atomic E-state index is 9.41. The van der Waals surface area contributed by atoms with Crippen LogP contribution in [-0.2, 0) is 26.3 Å². The lowest BCUT2D eigenvalue weighted by Gasteiger charge is -2.46. The zero-order valence-electron chi connectivity index (χ0n) is 20.1. The Morgan fingerprint density at radius 3 is 2.82 bits per heavy atom. The van der Waals surface area contributed by atoms with Crippen LogP contribution in [0.4, 0.5) is 0 Å². The maximum Gasteiger partial charge on any atom is 0.145 e. The molecule has 3 aromatic rings. The lowest BCUT2D eigenvalue weighted by molar-refractivity contribution is -0.400. The van der Waals surface area contributed by atoms with Gasteiger partial charge in [-0.05, 0) is 12.1 Å². The zero-order chi connectivity index (χ0) is 24.2. The second-order valence-electron chi connectivity index (χ2n) is 9.67. The summed E-state index contributed by atoms with van der Waals surface area (Å²) in [6, 6.07) is 5.42. The van der Waals surface area contributed by atoms with Gasteiger partial charge in [-0.15, -0.1) is 9.32 Å². The van der Waals surface area contributed by atoms with Crippen molar-refractivity contribution in [2.75, 3.05) is 25.4 Å². The summed E-state index contributed by atoms with van der Waals surface area (Å²) in [4.78, 5) is 14.3. The molecule has 0 amide bonds. The van der Waals surface area contributed by atoms with Gasteiger partial charge in [0.2, 0.25) is 0 Å². The lowest BCUT2D eigenvalue weighted by atomic mass is 9.89. The smallest absolute Gasteiger partial charge is 0.145 e. The molecule has 0 aromatic carbocycles. The number of fused-ring (bicyclic) bond motifs is 1. The summed E-state index contributed by atoms with van der Waals surface area (Å²) in [6.45, 7) is 11.2. The van der Waals surface area contributed by atoms with Crippen LogP contribution < -0.4 is 0 Å². The van der Waals surface area contributed by atoms with Crippen LogP contribution in [0.1, 0.15) is 13.3 Å². The molecule has 1 aliphatic heterocycles. The maximum absolute atomic E-state index is 9.41. The van der Waals surface area contributed by atoms with Crippen LogP contribution in [0.2, 0.25) is 25.7 Å². The molecule has 1 fully saturated rings. The molecule has 1 saturated heterocycles. The molecule has 12 heteroatoms. The van der Waals surface area contributed by atoms with Crippen molar-refractivity contribution in [2.45, 2.75) is 51.3 Å². The molecule has 1 aliphatic rings. The van der Waals surface area contributed by atoms with E-state index in [9.17, 15) is 5.26 Å². The van der Waals surface area contributed by atoms with Crippen molar-refractivity contribution in [1.29, 1.82) is 5.26 Å². The van der Waals surface area contributed by atoms with E-state index in [0.29, 0.717) is 26.2 Å². The Morgan fingerprint density at radius 2 is 2.09 bits per heavy atom. The van der Waals surface area contributed by atoms with Crippen molar-refractivity contribution in [3.8, 4) is 17.3 Å². The molecular weight excluding hydrogens is 470 g/mol. The quantitative estimate of drug-likeness (QED) is 0.119. The fraction of sp³-hybridized carbons (Fsp3) is 0.545. The summed E-state index contributed by atoms with van der Waals surface area (Å²) < 4.78 is 14.8. The molecule has 0 aliphatic carbocycles. The Morgan fingerprint density at radius 1 is 1.26 bits per heavy atom. The van der Waals surface area contributed by atoms with Gasteiger partial charge in [-0.3, -0.25) is 4.68 Å². The molecule has 0 spiro atoms. The van der Waals surface area contributed by atoms with Crippen LogP contribution in [0.15, 0.2) is 31.0 Å². The second kappa shape index (κ2) is 10.6. The Hall–Kier alpha value is -2.27. The monoisotopic (exact) mass is 501 g/mol. The third kappa shape index (κ3) is 5.51. The molecule has 3 aromatic heterocycles. The van der Waals surface area contributed by atoms with Gasteiger partial charge in [-0.25, -0.2) is 9.97 Å². The minimum atomic E-state index is -1.12. The molecule has 10 nitrogen and oxygen atoms in total. The van der Waals surface area contributed by atoms with Crippen LogP contribution >= 0.6 is 12.0 Å². The predicted octanol–water partition coefficient (Wildman–Crippen LogP) is 4.06. The number of nitrogens with zero attached hydrogens (tertiary/aromatic N) is 7. The van der Waals surface area contributed by atoms with Gasteiger partial charge < -0.3 is 9.30 Å². The van der Waals surface area contributed by atoms with E-state index in [2.05, 4.69) is 40.8 Å². The minimum Gasteiger partial charge on any atom is -0.361 e. The molecular formula is C22H31N7O3SSi. The second-order valence-corrected chi connectivity index (χ2v) is 16.2. The van der Waals surface area contributed by atoms with Crippen LogP contribution in [0, 0.1) is 11.3 Å². The van der Waals surface area contributed by atoms with Gasteiger partial charge in [0.15, 0.2) is 0 Å². The largest absolute Gasteiger partial charge is 0.361 e. The van der Waals surface area contributed by atoms with Gasteiger partial charge >= 0.3 is 0 Å². The summed E-state index contributed by atoms with van der Waals surface area (Å²) in [5, 5.41) is 16.6. The van der Waals surface area contributed by atoms with Crippen LogP contribution in [-0.4, -0.2) is 62.9 Å². The number of aromatic nitrogens is 5. The van der Waals surface area contributed by atoms with Crippen molar-refractivity contribution in [2.24, 2.45) is 0 Å². The van der Waals surface area contributed by atoms with E-state index in [1.807, 2.05) is 34.6 Å². The molecule has 0 saturated carbocycles. The number of ether oxygens (including phenoxy) is 1. The van der Waals surface area contributed by atoms with Crippen LogP contribution in [0.3, 0.4) is 0 Å². The summed E-state index contributed by atoms with van der Waals surface area (Å²) in [6.07, 6.45) is 7.60. The van der Waals surface area contributed by atoms with Gasteiger partial charge in [0.25, 0.3) is 0 Å². The van der Waals surface area contributed by atoms with Gasteiger partial charge in [-0.2, -0.15) is 15.4 Å². The van der Waals surface area contributed by atoms with Crippen molar-refractivity contribution in [3.63, 3.8) is 0 Å². The van der Waals surface area contributed by atoms with Crippen LogP contribution in [0.25, 0.3) is 22.3 Å². The van der Waals surface area contributed by atoms with E-state index in [0.717, 1.165) is 40.7 Å². The fourth-order valence-corrected chi connectivity index (χ4v) is 4.83. The standard InChI is InChI=1S/C22H31N7O3SSi/c1-5-33-32-31-28-14-22(15-28,7-8-23)29-13-18(12-26-29)20-19-6-9-27(21(19)25-16-24-20)17-30-10-11-34(2,3)4/h6,9,12-13,16H,5,7,10-11,14-15,17H2,1-4H3. The van der Waals surface area contributed by atoms with Gasteiger partial charge in [-0.1, -0.05) is 26.6 Å². The molecule has 182 valence electrons. The molecule has 0 bridgehead atoms. The first-order chi connectivity index (χ1) is 16.3. The van der Waals surface area contributed by atoms with E-state index in [1.165, 1.54) is 12.0 Å². The van der Waals surface area contributed by atoms with Gasteiger partial charge in [0.05, 0.1) is 37.5 Å². The fourth-order valence-electron chi connectivity index (χ4n) is 3.84. The molecule has 34 heavy (non-hydrogen) atoms. The number of hydrogen-bond donors (Lipinski definition) is 0. The highest BCUT2D eigenvalue weighted by molar-refractivity contribution is 7.94. The highest BCUT2D eigenvalue weighted by Crippen LogP contribution is 2.35. The summed E-state index contributed by atoms with van der Waals surface area (Å²) in [5.41, 5.74) is 2.04. The molecule has 4 rings (SSSR count). The van der Waals surface area contributed by atoms with E-state index in [4.69, 9.17) is 14.1 Å². The average Bonchev–Trinajstić information content (AvgIpc) is 3.42. The van der Waals surface area contributed by atoms with E-state index >= 15 is 0 Å². The Kier molecular flexibility index (Phi) is 7.71. The van der Waals surface area contributed by atoms with Crippen molar-refractivity contribution in [1.82, 2.24) is 29.4 Å². The lowest BCUT2D eigenvalue weighted by Crippen LogP contribution is -2.62. The van der Waals surface area contributed by atoms with E-state index < -0.39 is 13.6 Å². The number of hydrogen-bond acceptors (Lipinski definition) is 9. The summed E-state index contributed by atoms with van der Waals surface area (Å²) in [7, 11) is -1.12. The Balaban J connectivity index is 1.48. The highest BCUT2D eigenvalue weighted by atomic mass is 32.2. The number of rotatable bonds is 12. The van der Waals surface area contributed by atoms with E-state index in [1.54, 1.807) is 17.6 Å². The molecule has 0 atom stereocenters. The summed E-state index contributed by atoms with van der Waals surface area (Å²) in [5.74, 6) is 0.791. The third-order valence-corrected chi connectivity index (χ3v) is 7.87.